The molecule has 0 fully saturated rings. The number of phenolic OH excluding ortho intramolecular Hbond substituents is 1. The maximum absolute atomic E-state index is 9.43. The SMILES string of the molecule is CCc1ccc2[nH]c3nc(NN=Cc4cccc(O)c4)nnc3c2c1. The molecule has 25 heavy (non-hydrogen) atoms. The van der Waals surface area contributed by atoms with Gasteiger partial charge in [0.2, 0.25) is 0 Å². The summed E-state index contributed by atoms with van der Waals surface area (Å²) in [7, 11) is 0. The van der Waals surface area contributed by atoms with E-state index in [1.54, 1.807) is 24.4 Å². The Hall–Kier alpha value is -3.48. The molecule has 0 saturated carbocycles. The summed E-state index contributed by atoms with van der Waals surface area (Å²) in [5.74, 6) is 0.485. The van der Waals surface area contributed by atoms with Crippen LogP contribution in [0.15, 0.2) is 47.6 Å². The summed E-state index contributed by atoms with van der Waals surface area (Å²) in [5.41, 5.74) is 7.15. The van der Waals surface area contributed by atoms with Crippen molar-refractivity contribution in [3.63, 3.8) is 0 Å². The van der Waals surface area contributed by atoms with Crippen molar-refractivity contribution in [2.24, 2.45) is 5.10 Å². The van der Waals surface area contributed by atoms with E-state index in [4.69, 9.17) is 0 Å². The summed E-state index contributed by atoms with van der Waals surface area (Å²) in [6, 6.07) is 13.0. The third kappa shape index (κ3) is 2.99. The average Bonchev–Trinajstić information content (AvgIpc) is 2.98. The number of aromatic amines is 1. The number of hydrogen-bond donors (Lipinski definition) is 3. The molecule has 0 aliphatic heterocycles. The highest BCUT2D eigenvalue weighted by Gasteiger charge is 2.09. The first-order valence-electron chi connectivity index (χ1n) is 7.96. The highest BCUT2D eigenvalue weighted by molar-refractivity contribution is 6.03. The van der Waals surface area contributed by atoms with Crippen LogP contribution >= 0.6 is 0 Å². The topological polar surface area (TPSA) is 99.1 Å². The number of nitrogens with one attached hydrogen (secondary N) is 2. The van der Waals surface area contributed by atoms with Crippen LogP contribution in [0.25, 0.3) is 22.1 Å². The van der Waals surface area contributed by atoms with E-state index >= 15 is 0 Å². The zero-order chi connectivity index (χ0) is 17.2. The molecule has 0 aliphatic carbocycles. The summed E-state index contributed by atoms with van der Waals surface area (Å²) < 4.78 is 0. The molecule has 0 aliphatic rings. The number of H-pyrrole nitrogens is 1. The van der Waals surface area contributed by atoms with Gasteiger partial charge in [-0.2, -0.15) is 10.1 Å². The number of hydrazone groups is 1. The quantitative estimate of drug-likeness (QED) is 0.394. The molecule has 4 rings (SSSR count). The molecule has 7 heteroatoms. The fourth-order valence-electron chi connectivity index (χ4n) is 2.66. The van der Waals surface area contributed by atoms with E-state index in [9.17, 15) is 5.11 Å². The Morgan fingerprint density at radius 2 is 2.12 bits per heavy atom. The summed E-state index contributed by atoms with van der Waals surface area (Å²) in [6.45, 7) is 2.12. The number of hydrogen-bond acceptors (Lipinski definition) is 6. The van der Waals surface area contributed by atoms with Crippen LogP contribution in [0.4, 0.5) is 5.95 Å². The second-order valence-electron chi connectivity index (χ2n) is 5.66. The molecule has 0 saturated heterocycles. The molecule has 0 atom stereocenters. The fourth-order valence-corrected chi connectivity index (χ4v) is 2.66. The van der Waals surface area contributed by atoms with Crippen molar-refractivity contribution < 1.29 is 5.11 Å². The Morgan fingerprint density at radius 3 is 2.96 bits per heavy atom. The first kappa shape index (κ1) is 15.1. The predicted molar refractivity (Wildman–Crippen MR) is 97.9 cm³/mol. The van der Waals surface area contributed by atoms with Crippen molar-refractivity contribution in [2.45, 2.75) is 13.3 Å². The Kier molecular flexibility index (Phi) is 3.74. The summed E-state index contributed by atoms with van der Waals surface area (Å²) >= 11 is 0. The molecular formula is C18H16N6O. The van der Waals surface area contributed by atoms with E-state index in [2.05, 4.69) is 49.7 Å². The van der Waals surface area contributed by atoms with Crippen LogP contribution in [0.2, 0.25) is 0 Å². The number of phenols is 1. The van der Waals surface area contributed by atoms with Gasteiger partial charge in [0.1, 0.15) is 11.3 Å². The minimum atomic E-state index is 0.188. The maximum atomic E-state index is 9.43. The van der Waals surface area contributed by atoms with Crippen LogP contribution in [0.1, 0.15) is 18.1 Å². The molecule has 0 amide bonds. The van der Waals surface area contributed by atoms with Crippen LogP contribution in [0.3, 0.4) is 0 Å². The smallest absolute Gasteiger partial charge is 0.265 e. The third-order valence-corrected chi connectivity index (χ3v) is 3.94. The van der Waals surface area contributed by atoms with E-state index in [-0.39, 0.29) is 5.75 Å². The summed E-state index contributed by atoms with van der Waals surface area (Å²) in [5, 5.41) is 22.9. The van der Waals surface area contributed by atoms with Gasteiger partial charge in [-0.25, -0.2) is 5.43 Å². The number of fused-ring (bicyclic) bond motifs is 3. The average molecular weight is 332 g/mol. The second kappa shape index (κ2) is 6.20. The van der Waals surface area contributed by atoms with Crippen molar-refractivity contribution in [3.05, 3.63) is 53.6 Å². The van der Waals surface area contributed by atoms with Gasteiger partial charge >= 0.3 is 0 Å². The van der Waals surface area contributed by atoms with Crippen molar-refractivity contribution in [3.8, 4) is 5.75 Å². The fraction of sp³-hybridized carbons (Fsp3) is 0.111. The lowest BCUT2D eigenvalue weighted by atomic mass is 10.1. The van der Waals surface area contributed by atoms with Gasteiger partial charge in [-0.1, -0.05) is 25.1 Å². The van der Waals surface area contributed by atoms with Gasteiger partial charge in [-0.15, -0.1) is 10.2 Å². The van der Waals surface area contributed by atoms with Gasteiger partial charge in [0, 0.05) is 10.9 Å². The molecule has 3 N–H and O–H groups in total. The summed E-state index contributed by atoms with van der Waals surface area (Å²) in [4.78, 5) is 7.66. The Morgan fingerprint density at radius 1 is 1.20 bits per heavy atom. The molecule has 7 nitrogen and oxygen atoms in total. The first-order valence-corrected chi connectivity index (χ1v) is 7.96. The molecule has 0 unspecified atom stereocenters. The standard InChI is InChI=1S/C18H16N6O/c1-2-11-6-7-15-14(9-11)16-17(20-15)21-18(24-22-16)23-19-10-12-4-3-5-13(25)8-12/h3-10,25H,2H2,1H3,(H2,20,21,23,24). The zero-order valence-electron chi connectivity index (χ0n) is 13.6. The van der Waals surface area contributed by atoms with E-state index in [0.717, 1.165) is 28.4 Å². The number of aromatic nitrogens is 4. The van der Waals surface area contributed by atoms with Gasteiger partial charge in [-0.3, -0.25) is 0 Å². The molecule has 0 radical (unpaired) electrons. The predicted octanol–water partition coefficient (Wildman–Crippen LogP) is 3.22. The minimum absolute atomic E-state index is 0.188. The molecule has 2 aromatic carbocycles. The van der Waals surface area contributed by atoms with E-state index in [0.29, 0.717) is 11.6 Å². The number of rotatable bonds is 4. The highest BCUT2D eigenvalue weighted by atomic mass is 16.3. The number of aryl methyl sites for hydroxylation is 1. The van der Waals surface area contributed by atoms with Gasteiger partial charge in [-0.05, 0) is 41.8 Å². The Bertz CT molecular complexity index is 1090. The van der Waals surface area contributed by atoms with Gasteiger partial charge < -0.3 is 10.1 Å². The normalized spacial score (nSPS) is 11.6. The van der Waals surface area contributed by atoms with Crippen LogP contribution in [-0.4, -0.2) is 31.5 Å². The van der Waals surface area contributed by atoms with E-state index in [1.165, 1.54) is 5.56 Å². The third-order valence-electron chi connectivity index (χ3n) is 3.94. The molecule has 4 aromatic rings. The van der Waals surface area contributed by atoms with Gasteiger partial charge in [0.25, 0.3) is 5.95 Å². The van der Waals surface area contributed by atoms with Crippen LogP contribution in [0, 0.1) is 0 Å². The molecule has 0 bridgehead atoms. The molecular weight excluding hydrogens is 316 g/mol. The molecule has 2 heterocycles. The molecule has 124 valence electrons. The maximum Gasteiger partial charge on any atom is 0.265 e. The van der Waals surface area contributed by atoms with Crippen molar-refractivity contribution >= 4 is 34.2 Å². The van der Waals surface area contributed by atoms with Gasteiger partial charge in [0.15, 0.2) is 5.65 Å². The lowest BCUT2D eigenvalue weighted by Gasteiger charge is -1.98. The lowest BCUT2D eigenvalue weighted by molar-refractivity contribution is 0.475. The molecule has 0 spiro atoms. The number of aromatic hydroxyl groups is 1. The summed E-state index contributed by atoms with van der Waals surface area (Å²) in [6.07, 6.45) is 2.54. The zero-order valence-corrected chi connectivity index (χ0v) is 13.6. The van der Waals surface area contributed by atoms with Gasteiger partial charge in [0.05, 0.1) is 6.21 Å². The lowest BCUT2D eigenvalue weighted by Crippen LogP contribution is -1.98. The number of anilines is 1. The highest BCUT2D eigenvalue weighted by Crippen LogP contribution is 2.23. The van der Waals surface area contributed by atoms with Crippen molar-refractivity contribution in [2.75, 3.05) is 5.43 Å². The number of nitrogens with zero attached hydrogens (tertiary/aromatic N) is 4. The molecule has 2 aromatic heterocycles. The van der Waals surface area contributed by atoms with E-state index < -0.39 is 0 Å². The van der Waals surface area contributed by atoms with Crippen molar-refractivity contribution in [1.82, 2.24) is 20.2 Å². The number of benzene rings is 2. The van der Waals surface area contributed by atoms with E-state index in [1.807, 2.05) is 12.1 Å². The van der Waals surface area contributed by atoms with Crippen molar-refractivity contribution in [1.29, 1.82) is 0 Å². The van der Waals surface area contributed by atoms with Crippen LogP contribution < -0.4 is 5.43 Å². The second-order valence-corrected chi connectivity index (χ2v) is 5.66. The Labute approximate surface area is 143 Å². The first-order chi connectivity index (χ1) is 12.2. The van der Waals surface area contributed by atoms with Crippen LogP contribution in [0.5, 0.6) is 5.75 Å². The largest absolute Gasteiger partial charge is 0.508 e. The Balaban J connectivity index is 1.61. The monoisotopic (exact) mass is 332 g/mol. The minimum Gasteiger partial charge on any atom is -0.508 e. The van der Waals surface area contributed by atoms with Crippen LogP contribution in [-0.2, 0) is 6.42 Å².